The minimum absolute atomic E-state index is 0.0286. The minimum atomic E-state index is -0.510. The van der Waals surface area contributed by atoms with Gasteiger partial charge in [0.1, 0.15) is 11.9 Å². The van der Waals surface area contributed by atoms with Crippen LogP contribution in [0, 0.1) is 5.82 Å². The Hall–Kier alpha value is -4.09. The van der Waals surface area contributed by atoms with Crippen molar-refractivity contribution in [2.45, 2.75) is 38.0 Å². The molecule has 1 fully saturated rings. The quantitative estimate of drug-likeness (QED) is 0.356. The molecule has 1 N–H and O–H groups in total. The van der Waals surface area contributed by atoms with Gasteiger partial charge in [0, 0.05) is 36.7 Å². The average molecular weight is 547 g/mol. The highest BCUT2D eigenvalue weighted by atomic mass is 19.1. The van der Waals surface area contributed by atoms with Gasteiger partial charge in [0.25, 0.3) is 5.56 Å². The van der Waals surface area contributed by atoms with Crippen LogP contribution in [0.4, 0.5) is 4.39 Å². The van der Waals surface area contributed by atoms with Gasteiger partial charge in [-0.25, -0.2) is 9.07 Å². The summed E-state index contributed by atoms with van der Waals surface area (Å²) in [6.07, 6.45) is 4.83. The number of hydrogen-bond acceptors (Lipinski definition) is 8. The van der Waals surface area contributed by atoms with E-state index in [-0.39, 0.29) is 17.5 Å². The number of ether oxygens (including phenoxy) is 3. The van der Waals surface area contributed by atoms with E-state index in [1.165, 1.54) is 12.1 Å². The van der Waals surface area contributed by atoms with Gasteiger partial charge < -0.3 is 19.2 Å². The van der Waals surface area contributed by atoms with Crippen molar-refractivity contribution >= 4 is 16.5 Å². The molecule has 10 nitrogen and oxygen atoms in total. The van der Waals surface area contributed by atoms with Crippen LogP contribution >= 0.6 is 0 Å². The first kappa shape index (κ1) is 26.1. The van der Waals surface area contributed by atoms with Crippen LogP contribution in [0.5, 0.6) is 11.5 Å². The van der Waals surface area contributed by atoms with Gasteiger partial charge in [-0.2, -0.15) is 0 Å². The van der Waals surface area contributed by atoms with E-state index >= 15 is 0 Å². The largest absolute Gasteiger partial charge is 0.493 e. The molecule has 0 bridgehead atoms. The molecule has 4 aromatic rings. The first-order chi connectivity index (χ1) is 19.5. The molecule has 0 unspecified atom stereocenters. The third-order valence-electron chi connectivity index (χ3n) is 7.70. The molecule has 0 saturated carbocycles. The van der Waals surface area contributed by atoms with Gasteiger partial charge in [-0.15, -0.1) is 5.10 Å². The maximum Gasteiger partial charge on any atom is 0.253 e. The van der Waals surface area contributed by atoms with Crippen molar-refractivity contribution in [2.24, 2.45) is 0 Å². The molecule has 0 radical (unpaired) electrons. The molecule has 4 heterocycles. The molecule has 2 aromatic heterocycles. The minimum Gasteiger partial charge on any atom is -0.493 e. The summed E-state index contributed by atoms with van der Waals surface area (Å²) in [5.74, 6) is 1.42. The first-order valence-electron chi connectivity index (χ1n) is 13.4. The fourth-order valence-electron chi connectivity index (χ4n) is 5.62. The predicted molar refractivity (Wildman–Crippen MR) is 147 cm³/mol. The molecule has 2 aliphatic rings. The van der Waals surface area contributed by atoms with Gasteiger partial charge in [0.05, 0.1) is 32.4 Å². The number of halogens is 1. The Morgan fingerprint density at radius 3 is 2.65 bits per heavy atom. The molecule has 208 valence electrons. The van der Waals surface area contributed by atoms with Crippen LogP contribution in [0.25, 0.3) is 16.5 Å². The van der Waals surface area contributed by atoms with E-state index in [2.05, 4.69) is 31.5 Å². The molecular formula is C29H31FN6O4. The fourth-order valence-corrected chi connectivity index (χ4v) is 5.62. The number of aromatic amines is 1. The van der Waals surface area contributed by atoms with Crippen LogP contribution in [0.1, 0.15) is 42.3 Å². The smallest absolute Gasteiger partial charge is 0.253 e. The van der Waals surface area contributed by atoms with E-state index in [9.17, 15) is 9.18 Å². The Kier molecular flexibility index (Phi) is 7.31. The van der Waals surface area contributed by atoms with Crippen LogP contribution in [0.2, 0.25) is 0 Å². The van der Waals surface area contributed by atoms with Gasteiger partial charge in [-0.3, -0.25) is 9.69 Å². The lowest BCUT2D eigenvalue weighted by Crippen LogP contribution is -2.38. The Morgan fingerprint density at radius 1 is 1.15 bits per heavy atom. The lowest BCUT2D eigenvalue weighted by molar-refractivity contribution is 0.0910. The van der Waals surface area contributed by atoms with Crippen molar-refractivity contribution in [3.05, 3.63) is 81.7 Å². The maximum absolute atomic E-state index is 13.6. The highest BCUT2D eigenvalue weighted by Gasteiger charge is 2.32. The van der Waals surface area contributed by atoms with Crippen molar-refractivity contribution in [1.29, 1.82) is 0 Å². The second kappa shape index (κ2) is 11.2. The third-order valence-corrected chi connectivity index (χ3v) is 7.70. The van der Waals surface area contributed by atoms with E-state index in [1.54, 1.807) is 37.1 Å². The SMILES string of the molecule is COc1cc2cc([C@@H](c3nnnn3C[C@@H]3CCCO3)N3CC=C(c4ccc(F)cc4)CC3)c(=O)[nH]c2cc1OC. The second-order valence-corrected chi connectivity index (χ2v) is 10.1. The fraction of sp³-hybridized carbons (Fsp3) is 0.379. The monoisotopic (exact) mass is 546 g/mol. The summed E-state index contributed by atoms with van der Waals surface area (Å²) in [6, 6.07) is 11.5. The molecular weight excluding hydrogens is 515 g/mol. The van der Waals surface area contributed by atoms with Gasteiger partial charge in [0.15, 0.2) is 17.3 Å². The van der Waals surface area contributed by atoms with E-state index in [4.69, 9.17) is 14.2 Å². The lowest BCUT2D eigenvalue weighted by Gasteiger charge is -2.33. The molecule has 11 heteroatoms. The molecule has 2 atom stereocenters. The molecule has 0 aliphatic carbocycles. The van der Waals surface area contributed by atoms with Crippen LogP contribution in [0.15, 0.2) is 53.3 Å². The number of methoxy groups -OCH3 is 2. The van der Waals surface area contributed by atoms with Crippen LogP contribution in [-0.2, 0) is 11.3 Å². The molecule has 40 heavy (non-hydrogen) atoms. The average Bonchev–Trinajstić information content (AvgIpc) is 3.66. The Labute approximate surface area is 230 Å². The van der Waals surface area contributed by atoms with Gasteiger partial charge in [0.2, 0.25) is 0 Å². The van der Waals surface area contributed by atoms with E-state index in [1.807, 2.05) is 12.1 Å². The third kappa shape index (κ3) is 5.09. The lowest BCUT2D eigenvalue weighted by atomic mass is 9.96. The number of aromatic nitrogens is 5. The van der Waals surface area contributed by atoms with E-state index in [0.29, 0.717) is 48.0 Å². The van der Waals surface area contributed by atoms with Gasteiger partial charge >= 0.3 is 0 Å². The van der Waals surface area contributed by atoms with Crippen LogP contribution in [-0.4, -0.2) is 70.1 Å². The zero-order valence-corrected chi connectivity index (χ0v) is 22.5. The van der Waals surface area contributed by atoms with Crippen molar-refractivity contribution in [1.82, 2.24) is 30.1 Å². The second-order valence-electron chi connectivity index (χ2n) is 10.1. The Balaban J connectivity index is 1.42. The Morgan fingerprint density at radius 2 is 1.95 bits per heavy atom. The van der Waals surface area contributed by atoms with Gasteiger partial charge in [-0.05, 0) is 65.1 Å². The highest BCUT2D eigenvalue weighted by Crippen LogP contribution is 2.35. The number of nitrogens with one attached hydrogen (secondary N) is 1. The summed E-state index contributed by atoms with van der Waals surface area (Å²) in [5.41, 5.74) is 3.07. The Bertz CT molecular complexity index is 1590. The predicted octanol–water partition coefficient (Wildman–Crippen LogP) is 3.73. The van der Waals surface area contributed by atoms with E-state index < -0.39 is 6.04 Å². The van der Waals surface area contributed by atoms with Crippen LogP contribution in [0.3, 0.4) is 0 Å². The number of fused-ring (bicyclic) bond motifs is 1. The standard InChI is InChI=1S/C29H31FN6O4/c1-38-25-15-20-14-23(29(37)31-24(20)16-26(25)39-2)27(28-32-33-34-36(28)17-22-4-3-13-40-22)35-11-9-19(10-12-35)18-5-7-21(30)8-6-18/h5-9,14-16,22,27H,3-4,10-13,17H2,1-2H3,(H,31,37)/t22-,27-/m0/s1. The van der Waals surface area contributed by atoms with Gasteiger partial charge in [-0.1, -0.05) is 18.2 Å². The zero-order chi connectivity index (χ0) is 27.6. The van der Waals surface area contributed by atoms with Crippen molar-refractivity contribution in [3.8, 4) is 11.5 Å². The summed E-state index contributed by atoms with van der Waals surface area (Å²) < 4.78 is 32.0. The van der Waals surface area contributed by atoms with E-state index in [0.717, 1.165) is 42.4 Å². The number of rotatable bonds is 8. The molecule has 0 spiro atoms. The molecule has 6 rings (SSSR count). The maximum atomic E-state index is 13.6. The zero-order valence-electron chi connectivity index (χ0n) is 22.5. The number of tetrazole rings is 1. The first-order valence-corrected chi connectivity index (χ1v) is 13.4. The summed E-state index contributed by atoms with van der Waals surface area (Å²) in [6.45, 7) is 2.46. The number of hydrogen-bond donors (Lipinski definition) is 1. The topological polar surface area (TPSA) is 107 Å². The van der Waals surface area contributed by atoms with Crippen molar-refractivity contribution < 1.29 is 18.6 Å². The molecule has 0 amide bonds. The number of pyridine rings is 1. The normalized spacial score (nSPS) is 18.6. The molecule has 1 saturated heterocycles. The van der Waals surface area contributed by atoms with Crippen molar-refractivity contribution in [2.75, 3.05) is 33.9 Å². The summed E-state index contributed by atoms with van der Waals surface area (Å²) >= 11 is 0. The number of benzene rings is 2. The number of nitrogens with zero attached hydrogens (tertiary/aromatic N) is 5. The number of H-pyrrole nitrogens is 1. The summed E-state index contributed by atoms with van der Waals surface area (Å²) in [5, 5.41) is 13.5. The van der Waals surface area contributed by atoms with Crippen LogP contribution < -0.4 is 15.0 Å². The summed E-state index contributed by atoms with van der Waals surface area (Å²) in [4.78, 5) is 18.9. The summed E-state index contributed by atoms with van der Waals surface area (Å²) in [7, 11) is 3.14. The highest BCUT2D eigenvalue weighted by molar-refractivity contribution is 5.83. The van der Waals surface area contributed by atoms with Crippen molar-refractivity contribution in [3.63, 3.8) is 0 Å². The molecule has 2 aromatic carbocycles. The molecule has 2 aliphatic heterocycles.